The van der Waals surface area contributed by atoms with E-state index >= 15 is 0 Å². The molecule has 1 atom stereocenters. The molecule has 2 rings (SSSR count). The first-order valence-corrected chi connectivity index (χ1v) is 12.5. The molecule has 5 heteroatoms. The number of carbonyl (C=O) groups is 1. The molecule has 0 spiro atoms. The predicted molar refractivity (Wildman–Crippen MR) is 104 cm³/mol. The summed E-state index contributed by atoms with van der Waals surface area (Å²) in [6.07, 6.45) is 6.47. The zero-order valence-electron chi connectivity index (χ0n) is 16.3. The number of nitrogens with zero attached hydrogens (tertiary/aromatic N) is 2. The molecular formula is C20H30N2O2Si. The van der Waals surface area contributed by atoms with Crippen molar-refractivity contribution in [1.29, 1.82) is 0 Å². The van der Waals surface area contributed by atoms with Gasteiger partial charge in [-0.25, -0.2) is 4.79 Å². The normalized spacial score (nSPS) is 18.3. The van der Waals surface area contributed by atoms with Crippen molar-refractivity contribution in [3.05, 3.63) is 29.6 Å². The van der Waals surface area contributed by atoms with Crippen LogP contribution in [0.25, 0.3) is 0 Å². The Labute approximate surface area is 153 Å². The summed E-state index contributed by atoms with van der Waals surface area (Å²) in [6, 6.07) is 2.10. The van der Waals surface area contributed by atoms with Crippen LogP contribution in [0.2, 0.25) is 19.6 Å². The second-order valence-electron chi connectivity index (χ2n) is 8.69. The first-order chi connectivity index (χ1) is 11.6. The van der Waals surface area contributed by atoms with Gasteiger partial charge in [0.05, 0.1) is 6.04 Å². The number of aromatic nitrogens is 1. The van der Waals surface area contributed by atoms with Crippen LogP contribution >= 0.6 is 0 Å². The number of piperidine rings is 1. The van der Waals surface area contributed by atoms with Crippen molar-refractivity contribution in [2.45, 2.75) is 71.3 Å². The molecule has 1 amide bonds. The number of rotatable bonds is 1. The van der Waals surface area contributed by atoms with Crippen molar-refractivity contribution in [3.8, 4) is 11.5 Å². The summed E-state index contributed by atoms with van der Waals surface area (Å²) in [6.45, 7) is 13.1. The Morgan fingerprint density at radius 3 is 2.64 bits per heavy atom. The topological polar surface area (TPSA) is 42.4 Å². The number of ether oxygens (including phenoxy) is 1. The van der Waals surface area contributed by atoms with Gasteiger partial charge >= 0.3 is 6.09 Å². The highest BCUT2D eigenvalue weighted by Crippen LogP contribution is 2.32. The van der Waals surface area contributed by atoms with Crippen LogP contribution in [0.15, 0.2) is 18.5 Å². The number of amides is 1. The molecule has 0 radical (unpaired) electrons. The fraction of sp³-hybridized carbons (Fsp3) is 0.600. The molecule has 1 aliphatic rings. The first kappa shape index (κ1) is 19.5. The number of carbonyl (C=O) groups excluding carboxylic acids is 1. The maximum absolute atomic E-state index is 12.6. The smallest absolute Gasteiger partial charge is 0.410 e. The lowest BCUT2D eigenvalue weighted by Gasteiger charge is -2.36. The number of pyridine rings is 1. The molecule has 0 N–H and O–H groups in total. The lowest BCUT2D eigenvalue weighted by molar-refractivity contribution is 0.00947. The van der Waals surface area contributed by atoms with Crippen LogP contribution in [0.3, 0.4) is 0 Å². The molecule has 1 fully saturated rings. The summed E-state index contributed by atoms with van der Waals surface area (Å²) in [4.78, 5) is 18.8. The minimum Gasteiger partial charge on any atom is -0.444 e. The van der Waals surface area contributed by atoms with Crippen LogP contribution in [0, 0.1) is 11.5 Å². The van der Waals surface area contributed by atoms with Gasteiger partial charge in [-0.2, -0.15) is 0 Å². The van der Waals surface area contributed by atoms with Crippen LogP contribution in [0.5, 0.6) is 0 Å². The predicted octanol–water partition coefficient (Wildman–Crippen LogP) is 4.77. The van der Waals surface area contributed by atoms with E-state index in [1.807, 2.05) is 31.9 Å². The minimum atomic E-state index is -1.43. The van der Waals surface area contributed by atoms with Gasteiger partial charge in [-0.15, -0.1) is 5.54 Å². The Kier molecular flexibility index (Phi) is 5.94. The third kappa shape index (κ3) is 6.21. The highest BCUT2D eigenvalue weighted by Gasteiger charge is 2.31. The highest BCUT2D eigenvalue weighted by molar-refractivity contribution is 6.83. The van der Waals surface area contributed by atoms with E-state index in [1.54, 1.807) is 6.20 Å². The summed E-state index contributed by atoms with van der Waals surface area (Å²) >= 11 is 0. The summed E-state index contributed by atoms with van der Waals surface area (Å²) in [5.41, 5.74) is 4.87. The molecule has 2 heterocycles. The van der Waals surface area contributed by atoms with Crippen molar-refractivity contribution in [2.75, 3.05) is 6.54 Å². The molecule has 25 heavy (non-hydrogen) atoms. The molecule has 1 aliphatic heterocycles. The Hall–Kier alpha value is -1.80. The van der Waals surface area contributed by atoms with E-state index in [0.717, 1.165) is 36.9 Å². The SMILES string of the molecule is CC(C)(C)OC(=O)N1CCCC[C@H]1c1cncc(C#C[Si](C)(C)C)c1. The third-order valence-corrected chi connectivity index (χ3v) is 4.73. The van der Waals surface area contributed by atoms with Gasteiger partial charge < -0.3 is 9.64 Å². The number of hydrogen-bond acceptors (Lipinski definition) is 3. The molecule has 1 aromatic heterocycles. The monoisotopic (exact) mass is 358 g/mol. The van der Waals surface area contributed by atoms with Gasteiger partial charge in [-0.1, -0.05) is 25.6 Å². The molecule has 136 valence electrons. The van der Waals surface area contributed by atoms with Gasteiger partial charge in [-0.05, 0) is 51.7 Å². The zero-order chi connectivity index (χ0) is 18.7. The van der Waals surface area contributed by atoms with Crippen LogP contribution < -0.4 is 0 Å². The average Bonchev–Trinajstić information content (AvgIpc) is 2.51. The average molecular weight is 359 g/mol. The van der Waals surface area contributed by atoms with Gasteiger partial charge in [-0.3, -0.25) is 4.98 Å². The lowest BCUT2D eigenvalue weighted by Crippen LogP contribution is -2.41. The van der Waals surface area contributed by atoms with Gasteiger partial charge in [0.25, 0.3) is 0 Å². The molecule has 4 nitrogen and oxygen atoms in total. The van der Waals surface area contributed by atoms with Gasteiger partial charge in [0.2, 0.25) is 0 Å². The standard InChI is InChI=1S/C20H30N2O2Si/c1-20(2,3)24-19(23)22-11-8-7-9-18(22)17-13-16(14-21-15-17)10-12-25(4,5)6/h13-15,18H,7-9,11H2,1-6H3/t18-/m0/s1. The minimum absolute atomic E-state index is 0.0183. The number of hydrogen-bond donors (Lipinski definition) is 0. The fourth-order valence-electron chi connectivity index (χ4n) is 2.79. The maximum atomic E-state index is 12.6. The van der Waals surface area contributed by atoms with E-state index in [9.17, 15) is 4.79 Å². The quantitative estimate of drug-likeness (QED) is 0.536. The van der Waals surface area contributed by atoms with Gasteiger partial charge in [0.1, 0.15) is 13.7 Å². The Morgan fingerprint density at radius 1 is 1.28 bits per heavy atom. The fourth-order valence-corrected chi connectivity index (χ4v) is 3.30. The van der Waals surface area contributed by atoms with E-state index < -0.39 is 13.7 Å². The summed E-state index contributed by atoms with van der Waals surface area (Å²) in [5, 5.41) is 0. The van der Waals surface area contributed by atoms with E-state index in [1.165, 1.54) is 0 Å². The van der Waals surface area contributed by atoms with E-state index in [4.69, 9.17) is 4.74 Å². The number of likely N-dealkylation sites (tertiary alicyclic amines) is 1. The molecule has 1 saturated heterocycles. The molecule has 0 saturated carbocycles. The summed E-state index contributed by atoms with van der Waals surface area (Å²) in [7, 11) is -1.43. The van der Waals surface area contributed by atoms with E-state index in [2.05, 4.69) is 42.2 Å². The molecule has 0 bridgehead atoms. The van der Waals surface area contributed by atoms with Crippen molar-refractivity contribution in [3.63, 3.8) is 0 Å². The van der Waals surface area contributed by atoms with Crippen molar-refractivity contribution in [2.24, 2.45) is 0 Å². The van der Waals surface area contributed by atoms with Gasteiger partial charge in [0, 0.05) is 24.5 Å². The van der Waals surface area contributed by atoms with Crippen LogP contribution in [0.1, 0.15) is 57.2 Å². The lowest BCUT2D eigenvalue weighted by atomic mass is 9.96. The molecule has 0 aromatic carbocycles. The molecule has 1 aromatic rings. The van der Waals surface area contributed by atoms with Crippen LogP contribution in [-0.2, 0) is 4.74 Å². The largest absolute Gasteiger partial charge is 0.444 e. The zero-order valence-corrected chi connectivity index (χ0v) is 17.3. The van der Waals surface area contributed by atoms with E-state index in [0.29, 0.717) is 0 Å². The summed E-state index contributed by atoms with van der Waals surface area (Å²) < 4.78 is 5.60. The third-order valence-electron chi connectivity index (χ3n) is 3.86. The molecule has 0 aliphatic carbocycles. The van der Waals surface area contributed by atoms with Gasteiger partial charge in [0.15, 0.2) is 0 Å². The second-order valence-corrected chi connectivity index (χ2v) is 13.4. The van der Waals surface area contributed by atoms with Crippen LogP contribution in [-0.4, -0.2) is 36.2 Å². The Morgan fingerprint density at radius 2 is 2.00 bits per heavy atom. The van der Waals surface area contributed by atoms with Crippen molar-refractivity contribution < 1.29 is 9.53 Å². The maximum Gasteiger partial charge on any atom is 0.410 e. The van der Waals surface area contributed by atoms with Crippen molar-refractivity contribution >= 4 is 14.2 Å². The highest BCUT2D eigenvalue weighted by atomic mass is 28.3. The molecular weight excluding hydrogens is 328 g/mol. The van der Waals surface area contributed by atoms with Crippen molar-refractivity contribution in [1.82, 2.24) is 9.88 Å². The second kappa shape index (κ2) is 7.61. The molecule has 0 unspecified atom stereocenters. The van der Waals surface area contributed by atoms with Crippen LogP contribution in [0.4, 0.5) is 4.79 Å². The Bertz CT molecular complexity index is 677. The summed E-state index contributed by atoms with van der Waals surface area (Å²) in [5.74, 6) is 3.26. The first-order valence-electron chi connectivity index (χ1n) is 9.03. The Balaban J connectivity index is 2.25. The van der Waals surface area contributed by atoms with E-state index in [-0.39, 0.29) is 12.1 Å².